The molecule has 1 N–H and O–H groups in total. The molecule has 8 heteroatoms. The van der Waals surface area contributed by atoms with Crippen LogP contribution in [0.25, 0.3) is 0 Å². The molecule has 3 heterocycles. The Kier molecular flexibility index (Phi) is 4.22. The highest BCUT2D eigenvalue weighted by atomic mass is 32.2. The number of amides is 1. The van der Waals surface area contributed by atoms with Crippen molar-refractivity contribution in [2.45, 2.75) is 38.3 Å². The fourth-order valence-electron chi connectivity index (χ4n) is 3.26. The third kappa shape index (κ3) is 3.33. The minimum absolute atomic E-state index is 0.0612. The van der Waals surface area contributed by atoms with Crippen LogP contribution < -0.4 is 5.32 Å². The highest BCUT2D eigenvalue weighted by molar-refractivity contribution is 7.88. The lowest BCUT2D eigenvalue weighted by atomic mass is 9.95. The Morgan fingerprint density at radius 3 is 2.68 bits per heavy atom. The van der Waals surface area contributed by atoms with Gasteiger partial charge in [-0.25, -0.2) is 12.7 Å². The van der Waals surface area contributed by atoms with E-state index in [4.69, 9.17) is 0 Å². The first-order valence-electron chi connectivity index (χ1n) is 7.69. The van der Waals surface area contributed by atoms with Crippen LogP contribution in [-0.2, 0) is 27.8 Å². The Morgan fingerprint density at radius 1 is 1.27 bits per heavy atom. The van der Waals surface area contributed by atoms with Gasteiger partial charge in [0.15, 0.2) is 0 Å². The first-order chi connectivity index (χ1) is 10.4. The van der Waals surface area contributed by atoms with Gasteiger partial charge in [0.1, 0.15) is 0 Å². The lowest BCUT2D eigenvalue weighted by Crippen LogP contribution is -2.46. The van der Waals surface area contributed by atoms with Crippen molar-refractivity contribution in [1.29, 1.82) is 0 Å². The van der Waals surface area contributed by atoms with Gasteiger partial charge in [-0.15, -0.1) is 0 Å². The van der Waals surface area contributed by atoms with Gasteiger partial charge in [-0.2, -0.15) is 5.10 Å². The van der Waals surface area contributed by atoms with E-state index in [1.54, 1.807) is 6.20 Å². The molecule has 1 aromatic rings. The molecule has 0 radical (unpaired) electrons. The van der Waals surface area contributed by atoms with E-state index < -0.39 is 10.0 Å². The number of nitrogens with one attached hydrogen (secondary N) is 1. The summed E-state index contributed by atoms with van der Waals surface area (Å²) >= 11 is 0. The molecule has 0 spiro atoms. The molecule has 1 atom stereocenters. The molecule has 3 rings (SSSR count). The summed E-state index contributed by atoms with van der Waals surface area (Å²) in [5.41, 5.74) is 1.16. The first-order valence-corrected chi connectivity index (χ1v) is 9.54. The SMILES string of the molecule is CS(=O)(=O)N1CCC(C(=O)N[C@H]2CCn3nccc3C2)CC1. The van der Waals surface area contributed by atoms with Crippen molar-refractivity contribution in [3.63, 3.8) is 0 Å². The second-order valence-corrected chi connectivity index (χ2v) is 8.16. The van der Waals surface area contributed by atoms with Crippen LogP contribution in [0.5, 0.6) is 0 Å². The minimum atomic E-state index is -3.14. The molecule has 0 unspecified atom stereocenters. The van der Waals surface area contributed by atoms with Gasteiger partial charge in [0.25, 0.3) is 0 Å². The van der Waals surface area contributed by atoms with Crippen molar-refractivity contribution in [3.8, 4) is 0 Å². The number of nitrogens with zero attached hydrogens (tertiary/aromatic N) is 3. The number of carbonyl (C=O) groups excluding carboxylic acids is 1. The van der Waals surface area contributed by atoms with Crippen LogP contribution >= 0.6 is 0 Å². The molecule has 122 valence electrons. The molecule has 0 aliphatic carbocycles. The molecule has 1 saturated heterocycles. The van der Waals surface area contributed by atoms with Crippen molar-refractivity contribution >= 4 is 15.9 Å². The van der Waals surface area contributed by atoms with E-state index in [9.17, 15) is 13.2 Å². The van der Waals surface area contributed by atoms with E-state index in [1.807, 2.05) is 10.7 Å². The zero-order valence-electron chi connectivity index (χ0n) is 12.7. The maximum absolute atomic E-state index is 12.4. The van der Waals surface area contributed by atoms with Gasteiger partial charge in [0.2, 0.25) is 15.9 Å². The minimum Gasteiger partial charge on any atom is -0.353 e. The van der Waals surface area contributed by atoms with Crippen LogP contribution in [0.4, 0.5) is 0 Å². The van der Waals surface area contributed by atoms with Crippen LogP contribution in [0.1, 0.15) is 25.0 Å². The number of hydrogen-bond acceptors (Lipinski definition) is 4. The number of rotatable bonds is 3. The van der Waals surface area contributed by atoms with E-state index in [2.05, 4.69) is 10.4 Å². The quantitative estimate of drug-likeness (QED) is 0.846. The fraction of sp³-hybridized carbons (Fsp3) is 0.714. The van der Waals surface area contributed by atoms with Gasteiger partial charge in [-0.1, -0.05) is 0 Å². The van der Waals surface area contributed by atoms with Gasteiger partial charge in [0, 0.05) is 49.9 Å². The Hall–Kier alpha value is -1.41. The van der Waals surface area contributed by atoms with Gasteiger partial charge in [-0.05, 0) is 25.3 Å². The molecule has 22 heavy (non-hydrogen) atoms. The number of aryl methyl sites for hydroxylation is 1. The second kappa shape index (κ2) is 6.00. The summed E-state index contributed by atoms with van der Waals surface area (Å²) in [7, 11) is -3.14. The molecule has 2 aliphatic rings. The fourth-order valence-corrected chi connectivity index (χ4v) is 4.13. The monoisotopic (exact) mass is 326 g/mol. The van der Waals surface area contributed by atoms with Gasteiger partial charge in [-0.3, -0.25) is 9.48 Å². The summed E-state index contributed by atoms with van der Waals surface area (Å²) in [5.74, 6) is -0.0176. The van der Waals surface area contributed by atoms with Crippen molar-refractivity contribution in [2.24, 2.45) is 5.92 Å². The van der Waals surface area contributed by atoms with E-state index in [-0.39, 0.29) is 17.9 Å². The highest BCUT2D eigenvalue weighted by Crippen LogP contribution is 2.20. The number of carbonyl (C=O) groups is 1. The van der Waals surface area contributed by atoms with Crippen molar-refractivity contribution in [3.05, 3.63) is 18.0 Å². The third-order valence-corrected chi connectivity index (χ3v) is 5.89. The molecule has 1 amide bonds. The molecule has 1 fully saturated rings. The summed E-state index contributed by atoms with van der Waals surface area (Å²) in [6.07, 6.45) is 5.92. The number of aromatic nitrogens is 2. The maximum Gasteiger partial charge on any atom is 0.223 e. The summed E-state index contributed by atoms with van der Waals surface area (Å²) in [5, 5.41) is 7.36. The molecule has 0 bridgehead atoms. The predicted molar refractivity (Wildman–Crippen MR) is 81.6 cm³/mol. The number of hydrogen-bond donors (Lipinski definition) is 1. The van der Waals surface area contributed by atoms with E-state index in [0.29, 0.717) is 25.9 Å². The zero-order valence-corrected chi connectivity index (χ0v) is 13.6. The number of piperidine rings is 1. The van der Waals surface area contributed by atoms with Crippen LogP contribution in [0.3, 0.4) is 0 Å². The van der Waals surface area contributed by atoms with Gasteiger partial charge in [0.05, 0.1) is 6.26 Å². The largest absolute Gasteiger partial charge is 0.353 e. The Bertz CT molecular complexity index is 647. The Morgan fingerprint density at radius 2 is 2.00 bits per heavy atom. The molecule has 1 aromatic heterocycles. The molecule has 0 aromatic carbocycles. The normalized spacial score (nSPS) is 24.0. The van der Waals surface area contributed by atoms with Crippen LogP contribution in [0, 0.1) is 5.92 Å². The highest BCUT2D eigenvalue weighted by Gasteiger charge is 2.30. The molecule has 7 nitrogen and oxygen atoms in total. The lowest BCUT2D eigenvalue weighted by Gasteiger charge is -2.31. The van der Waals surface area contributed by atoms with Crippen molar-refractivity contribution in [2.75, 3.05) is 19.3 Å². The standard InChI is InChI=1S/C14H22N4O3S/c1-22(20,21)17-7-3-11(4-8-17)14(19)16-12-5-9-18-13(10-12)2-6-15-18/h2,6,11-12H,3-5,7-10H2,1H3,(H,16,19)/t12-/m0/s1. The number of sulfonamides is 1. The average Bonchev–Trinajstić information content (AvgIpc) is 2.94. The Labute approximate surface area is 130 Å². The maximum atomic E-state index is 12.4. The van der Waals surface area contributed by atoms with Crippen LogP contribution in [0.15, 0.2) is 12.3 Å². The molecule has 0 saturated carbocycles. The summed E-state index contributed by atoms with van der Waals surface area (Å²) < 4.78 is 26.4. The first kappa shape index (κ1) is 15.5. The molecule has 2 aliphatic heterocycles. The van der Waals surface area contributed by atoms with Crippen LogP contribution in [0.2, 0.25) is 0 Å². The van der Waals surface area contributed by atoms with E-state index in [1.165, 1.54) is 10.6 Å². The van der Waals surface area contributed by atoms with Crippen LogP contribution in [-0.4, -0.2) is 53.8 Å². The van der Waals surface area contributed by atoms with Crippen molar-refractivity contribution < 1.29 is 13.2 Å². The van der Waals surface area contributed by atoms with Crippen molar-refractivity contribution in [1.82, 2.24) is 19.4 Å². The second-order valence-electron chi connectivity index (χ2n) is 6.18. The van der Waals surface area contributed by atoms with Gasteiger partial charge >= 0.3 is 0 Å². The zero-order chi connectivity index (χ0) is 15.7. The predicted octanol–water partition coefficient (Wildman–Crippen LogP) is -0.0143. The lowest BCUT2D eigenvalue weighted by molar-refractivity contribution is -0.127. The summed E-state index contributed by atoms with van der Waals surface area (Å²) in [4.78, 5) is 12.4. The number of fused-ring (bicyclic) bond motifs is 1. The smallest absolute Gasteiger partial charge is 0.223 e. The van der Waals surface area contributed by atoms with E-state index in [0.717, 1.165) is 25.1 Å². The Balaban J connectivity index is 1.51. The molecular weight excluding hydrogens is 304 g/mol. The summed E-state index contributed by atoms with van der Waals surface area (Å²) in [6.45, 7) is 1.71. The topological polar surface area (TPSA) is 84.3 Å². The summed E-state index contributed by atoms with van der Waals surface area (Å²) in [6, 6.07) is 2.15. The average molecular weight is 326 g/mol. The van der Waals surface area contributed by atoms with E-state index >= 15 is 0 Å². The van der Waals surface area contributed by atoms with Gasteiger partial charge < -0.3 is 5.32 Å². The molecular formula is C14H22N4O3S. The third-order valence-electron chi connectivity index (χ3n) is 4.59.